The van der Waals surface area contributed by atoms with Gasteiger partial charge in [-0.25, -0.2) is 4.39 Å². The van der Waals surface area contributed by atoms with Crippen LogP contribution in [0, 0.1) is 0 Å². The van der Waals surface area contributed by atoms with E-state index >= 15 is 4.39 Å². The molecule has 2 saturated heterocycles. The Morgan fingerprint density at radius 1 is 0.727 bits per heavy atom. The van der Waals surface area contributed by atoms with Crippen LogP contribution in [0.3, 0.4) is 0 Å². The first-order valence-corrected chi connectivity index (χ1v) is 14.9. The summed E-state index contributed by atoms with van der Waals surface area (Å²) in [5.74, 6) is -2.14. The number of hydrogen-bond donors (Lipinski definition) is 3. The minimum absolute atomic E-state index is 0.148. The van der Waals surface area contributed by atoms with Crippen molar-refractivity contribution in [1.82, 2.24) is 20.9 Å². The molecule has 9 nitrogen and oxygen atoms in total. The first-order chi connectivity index (χ1) is 21.3. The van der Waals surface area contributed by atoms with Crippen molar-refractivity contribution in [2.45, 2.75) is 61.9 Å². The molecule has 3 aliphatic rings. The lowest BCUT2D eigenvalue weighted by Gasteiger charge is -2.33. The first-order valence-electron chi connectivity index (χ1n) is 14.9. The number of hydrogen-bond acceptors (Lipinski definition) is 5. The SMILES string of the molecule is O=C1N[C@H](CC2(F)C=Nc3ccccc32)C(=O)N[C@@H](Cc2ccccc2)C(=O)N2CCC[C@@H]2C(=O)N[C@H]1Cc1ccccc1. The van der Waals surface area contributed by atoms with Crippen LogP contribution in [-0.4, -0.2) is 65.5 Å². The van der Waals surface area contributed by atoms with Crippen molar-refractivity contribution in [3.05, 3.63) is 102 Å². The molecule has 3 N–H and O–H groups in total. The van der Waals surface area contributed by atoms with Crippen molar-refractivity contribution in [2.24, 2.45) is 4.99 Å². The number of benzene rings is 3. The van der Waals surface area contributed by atoms with Crippen LogP contribution in [0.2, 0.25) is 0 Å². The number of nitrogens with one attached hydrogen (secondary N) is 3. The summed E-state index contributed by atoms with van der Waals surface area (Å²) in [6.45, 7) is 0.345. The first kappa shape index (κ1) is 29.2. The van der Waals surface area contributed by atoms with E-state index in [9.17, 15) is 19.2 Å². The molecular weight excluding hydrogens is 561 g/mol. The van der Waals surface area contributed by atoms with Crippen LogP contribution in [0.5, 0.6) is 0 Å². The fraction of sp³-hybridized carbons (Fsp3) is 0.324. The Morgan fingerprint density at radius 2 is 1.30 bits per heavy atom. The third-order valence-electron chi connectivity index (χ3n) is 8.55. The van der Waals surface area contributed by atoms with E-state index in [0.29, 0.717) is 30.6 Å². The molecule has 1 unspecified atom stereocenters. The maximum Gasteiger partial charge on any atom is 0.246 e. The van der Waals surface area contributed by atoms with Crippen molar-refractivity contribution < 1.29 is 23.6 Å². The lowest BCUT2D eigenvalue weighted by molar-refractivity contribution is -0.143. The van der Waals surface area contributed by atoms with Gasteiger partial charge in [0.15, 0.2) is 5.67 Å². The van der Waals surface area contributed by atoms with Crippen LogP contribution < -0.4 is 16.0 Å². The van der Waals surface area contributed by atoms with Crippen molar-refractivity contribution >= 4 is 35.5 Å². The quantitative estimate of drug-likeness (QED) is 0.406. The summed E-state index contributed by atoms with van der Waals surface area (Å²) in [4.78, 5) is 61.2. The zero-order valence-corrected chi connectivity index (χ0v) is 24.1. The molecule has 4 amide bonds. The van der Waals surface area contributed by atoms with E-state index in [4.69, 9.17) is 0 Å². The number of carbonyl (C=O) groups excluding carboxylic acids is 4. The summed E-state index contributed by atoms with van der Waals surface area (Å²) in [5.41, 5.74) is 0.198. The predicted octanol–water partition coefficient (Wildman–Crippen LogP) is 2.90. The fourth-order valence-corrected chi connectivity index (χ4v) is 6.27. The van der Waals surface area contributed by atoms with Crippen LogP contribution in [0.15, 0.2) is 89.9 Å². The van der Waals surface area contributed by atoms with Gasteiger partial charge < -0.3 is 20.9 Å². The van der Waals surface area contributed by atoms with Crippen molar-refractivity contribution in [2.75, 3.05) is 6.54 Å². The average Bonchev–Trinajstić information content (AvgIpc) is 3.66. The third kappa shape index (κ3) is 6.10. The maximum atomic E-state index is 16.5. The van der Waals surface area contributed by atoms with Gasteiger partial charge in [-0.05, 0) is 30.0 Å². The second-order valence-electron chi connectivity index (χ2n) is 11.6. The average molecular weight is 596 g/mol. The number of fused-ring (bicyclic) bond motifs is 2. The molecule has 0 saturated carbocycles. The number of halogens is 1. The lowest BCUT2D eigenvalue weighted by Crippen LogP contribution is -2.62. The van der Waals surface area contributed by atoms with Gasteiger partial charge in [0.2, 0.25) is 23.6 Å². The fourth-order valence-electron chi connectivity index (χ4n) is 6.27. The number of rotatable bonds is 6. The van der Waals surface area contributed by atoms with E-state index in [1.165, 1.54) is 4.90 Å². The van der Waals surface area contributed by atoms with Crippen LogP contribution in [0.25, 0.3) is 0 Å². The van der Waals surface area contributed by atoms with E-state index in [-0.39, 0.29) is 12.8 Å². The molecule has 0 bridgehead atoms. The Bertz CT molecular complexity index is 1580. The molecule has 10 heteroatoms. The van der Waals surface area contributed by atoms with Crippen molar-refractivity contribution in [3.63, 3.8) is 0 Å². The van der Waals surface area contributed by atoms with E-state index in [2.05, 4.69) is 20.9 Å². The summed E-state index contributed by atoms with van der Waals surface area (Å²) >= 11 is 0. The highest BCUT2D eigenvalue weighted by Crippen LogP contribution is 2.41. The summed E-state index contributed by atoms with van der Waals surface area (Å²) in [6, 6.07) is 20.9. The molecule has 5 atom stereocenters. The van der Waals surface area contributed by atoms with E-state index < -0.39 is 59.9 Å². The van der Waals surface area contributed by atoms with E-state index in [0.717, 1.165) is 17.3 Å². The zero-order valence-electron chi connectivity index (χ0n) is 24.1. The molecule has 0 aromatic heterocycles. The lowest BCUT2D eigenvalue weighted by atomic mass is 9.90. The molecule has 2 fully saturated rings. The summed E-state index contributed by atoms with van der Waals surface area (Å²) in [6.07, 6.45) is 2.06. The molecule has 44 heavy (non-hydrogen) atoms. The second kappa shape index (κ2) is 12.4. The molecule has 3 aliphatic heterocycles. The Labute approximate surface area is 254 Å². The molecule has 3 aromatic carbocycles. The summed E-state index contributed by atoms with van der Waals surface area (Å²) < 4.78 is 16.5. The van der Waals surface area contributed by atoms with Crippen LogP contribution in [-0.2, 0) is 37.7 Å². The molecule has 226 valence electrons. The topological polar surface area (TPSA) is 120 Å². The minimum atomic E-state index is -2.14. The zero-order chi connectivity index (χ0) is 30.7. The number of nitrogens with zero attached hydrogens (tertiary/aromatic N) is 2. The van der Waals surface area contributed by atoms with Gasteiger partial charge in [0.1, 0.15) is 24.2 Å². The maximum absolute atomic E-state index is 16.5. The van der Waals surface area contributed by atoms with Crippen molar-refractivity contribution in [1.29, 1.82) is 0 Å². The minimum Gasteiger partial charge on any atom is -0.342 e. The summed E-state index contributed by atoms with van der Waals surface area (Å²) in [7, 11) is 0. The molecule has 0 spiro atoms. The summed E-state index contributed by atoms with van der Waals surface area (Å²) in [5, 5.41) is 8.40. The van der Waals surface area contributed by atoms with Gasteiger partial charge in [-0.1, -0.05) is 78.9 Å². The van der Waals surface area contributed by atoms with E-state index in [1.54, 1.807) is 24.3 Å². The smallest absolute Gasteiger partial charge is 0.246 e. The number of alkyl halides is 1. The highest BCUT2D eigenvalue weighted by molar-refractivity contribution is 5.98. The van der Waals surface area contributed by atoms with Crippen LogP contribution in [0.1, 0.15) is 36.0 Å². The van der Waals surface area contributed by atoms with Gasteiger partial charge in [-0.15, -0.1) is 0 Å². The number of aliphatic imine (C=N–C) groups is 1. The van der Waals surface area contributed by atoms with Gasteiger partial charge >= 0.3 is 0 Å². The number of carbonyl (C=O) groups is 4. The Hall–Kier alpha value is -4.86. The second-order valence-corrected chi connectivity index (χ2v) is 11.6. The van der Waals surface area contributed by atoms with Gasteiger partial charge in [-0.2, -0.15) is 0 Å². The highest BCUT2D eigenvalue weighted by atomic mass is 19.1. The normalized spacial score (nSPS) is 27.0. The Morgan fingerprint density at radius 3 is 2.00 bits per heavy atom. The van der Waals surface area contributed by atoms with Gasteiger partial charge in [0.05, 0.1) is 5.69 Å². The molecule has 6 rings (SSSR count). The molecular formula is C34H34FN5O4. The van der Waals surface area contributed by atoms with Crippen LogP contribution in [0.4, 0.5) is 10.1 Å². The van der Waals surface area contributed by atoms with Gasteiger partial charge in [0, 0.05) is 37.6 Å². The van der Waals surface area contributed by atoms with Gasteiger partial charge in [0.25, 0.3) is 0 Å². The van der Waals surface area contributed by atoms with Crippen LogP contribution >= 0.6 is 0 Å². The monoisotopic (exact) mass is 595 g/mol. The molecule has 0 radical (unpaired) electrons. The van der Waals surface area contributed by atoms with Gasteiger partial charge in [-0.3, -0.25) is 24.2 Å². The number of amides is 4. The number of para-hydroxylation sites is 1. The molecule has 3 aromatic rings. The Kier molecular flexibility index (Phi) is 8.23. The Balaban J connectivity index is 1.36. The van der Waals surface area contributed by atoms with Crippen molar-refractivity contribution in [3.8, 4) is 0 Å². The highest BCUT2D eigenvalue weighted by Gasteiger charge is 2.44. The molecule has 3 heterocycles. The predicted molar refractivity (Wildman–Crippen MR) is 163 cm³/mol. The largest absolute Gasteiger partial charge is 0.342 e. The standard InChI is InChI=1S/C34H34FN5O4/c35-34(21-36-25-15-8-7-14-24(25)34)20-28-31(42)38-27(19-23-12-5-2-6-13-23)33(44)40-17-9-16-29(40)32(43)37-26(30(41)39-28)18-22-10-3-1-4-11-22/h1-8,10-15,21,26-29H,9,16-20H2,(H,37,43)(H,38,42)(H,39,41)/t26-,27-,28+,29+,34?/m0/s1. The molecule has 0 aliphatic carbocycles. The van der Waals surface area contributed by atoms with E-state index in [1.807, 2.05) is 60.7 Å². The third-order valence-corrected chi connectivity index (χ3v) is 8.55.